The number of rotatable bonds is 3. The standard InChI is InChI=1S/C17H19BrN2O/c18-16-12-15(6-7-17(16)21)20-10-8-19(9-11-20)13-14-4-2-1-3-5-14/h1-7,12,21H,8-11,13H2. The van der Waals surface area contributed by atoms with Gasteiger partial charge in [0, 0.05) is 38.4 Å². The van der Waals surface area contributed by atoms with Crippen molar-refractivity contribution < 1.29 is 5.11 Å². The van der Waals surface area contributed by atoms with Crippen molar-refractivity contribution in [2.24, 2.45) is 0 Å². The SMILES string of the molecule is Oc1ccc(N2CCN(Cc3ccccc3)CC2)cc1Br. The van der Waals surface area contributed by atoms with Gasteiger partial charge < -0.3 is 10.0 Å². The molecule has 4 heteroatoms. The van der Waals surface area contributed by atoms with E-state index in [2.05, 4.69) is 56.1 Å². The Morgan fingerprint density at radius 2 is 1.67 bits per heavy atom. The lowest BCUT2D eigenvalue weighted by molar-refractivity contribution is 0.250. The average Bonchev–Trinajstić information content (AvgIpc) is 2.52. The van der Waals surface area contributed by atoms with Crippen LogP contribution in [0.1, 0.15) is 5.56 Å². The third-order valence-electron chi connectivity index (χ3n) is 3.92. The van der Waals surface area contributed by atoms with Crippen molar-refractivity contribution in [3.05, 3.63) is 58.6 Å². The van der Waals surface area contributed by atoms with Gasteiger partial charge in [0.05, 0.1) is 4.47 Å². The van der Waals surface area contributed by atoms with Crippen LogP contribution in [-0.4, -0.2) is 36.2 Å². The first-order valence-electron chi connectivity index (χ1n) is 7.22. The van der Waals surface area contributed by atoms with Gasteiger partial charge in [0.1, 0.15) is 5.75 Å². The first kappa shape index (κ1) is 14.4. The van der Waals surface area contributed by atoms with Crippen molar-refractivity contribution in [2.75, 3.05) is 31.1 Å². The molecule has 3 nitrogen and oxygen atoms in total. The zero-order valence-corrected chi connectivity index (χ0v) is 13.5. The highest BCUT2D eigenvalue weighted by molar-refractivity contribution is 9.10. The predicted molar refractivity (Wildman–Crippen MR) is 89.7 cm³/mol. The maximum Gasteiger partial charge on any atom is 0.129 e. The summed E-state index contributed by atoms with van der Waals surface area (Å²) in [6, 6.07) is 16.3. The molecule has 0 amide bonds. The Morgan fingerprint density at radius 3 is 2.33 bits per heavy atom. The summed E-state index contributed by atoms with van der Waals surface area (Å²) < 4.78 is 0.756. The molecule has 110 valence electrons. The largest absolute Gasteiger partial charge is 0.507 e. The van der Waals surface area contributed by atoms with E-state index in [1.807, 2.05) is 12.1 Å². The normalized spacial score (nSPS) is 16.1. The Balaban J connectivity index is 1.58. The molecule has 0 atom stereocenters. The Labute approximate surface area is 133 Å². The van der Waals surface area contributed by atoms with Crippen LogP contribution >= 0.6 is 15.9 Å². The fraction of sp³-hybridized carbons (Fsp3) is 0.294. The summed E-state index contributed by atoms with van der Waals surface area (Å²) in [7, 11) is 0. The van der Waals surface area contributed by atoms with Gasteiger partial charge in [-0.25, -0.2) is 0 Å². The lowest BCUT2D eigenvalue weighted by Gasteiger charge is -2.36. The summed E-state index contributed by atoms with van der Waals surface area (Å²) in [6.07, 6.45) is 0. The van der Waals surface area contributed by atoms with Gasteiger partial charge in [-0.1, -0.05) is 30.3 Å². The van der Waals surface area contributed by atoms with Gasteiger partial charge in [0.2, 0.25) is 0 Å². The van der Waals surface area contributed by atoms with E-state index in [0.29, 0.717) is 5.75 Å². The first-order valence-corrected chi connectivity index (χ1v) is 8.01. The van der Waals surface area contributed by atoms with Gasteiger partial charge in [0.15, 0.2) is 0 Å². The fourth-order valence-corrected chi connectivity index (χ4v) is 3.07. The molecule has 1 aliphatic heterocycles. The quantitative estimate of drug-likeness (QED) is 0.921. The highest BCUT2D eigenvalue weighted by Crippen LogP contribution is 2.29. The number of nitrogens with zero attached hydrogens (tertiary/aromatic N) is 2. The summed E-state index contributed by atoms with van der Waals surface area (Å²) in [6.45, 7) is 5.18. The van der Waals surface area contributed by atoms with Crippen LogP contribution in [0.25, 0.3) is 0 Å². The molecule has 1 aliphatic rings. The van der Waals surface area contributed by atoms with Crippen molar-refractivity contribution >= 4 is 21.6 Å². The number of benzene rings is 2. The fourth-order valence-electron chi connectivity index (χ4n) is 2.70. The zero-order chi connectivity index (χ0) is 14.7. The van der Waals surface area contributed by atoms with Crippen molar-refractivity contribution in [1.29, 1.82) is 0 Å². The van der Waals surface area contributed by atoms with E-state index >= 15 is 0 Å². The number of phenolic OH excluding ortho intramolecular Hbond substituents is 1. The molecule has 0 unspecified atom stereocenters. The van der Waals surface area contributed by atoms with E-state index < -0.39 is 0 Å². The highest BCUT2D eigenvalue weighted by Gasteiger charge is 2.17. The van der Waals surface area contributed by atoms with E-state index in [1.54, 1.807) is 6.07 Å². The van der Waals surface area contributed by atoms with E-state index in [4.69, 9.17) is 0 Å². The van der Waals surface area contributed by atoms with Crippen LogP contribution in [0, 0.1) is 0 Å². The third-order valence-corrected chi connectivity index (χ3v) is 4.55. The molecule has 0 aromatic heterocycles. The van der Waals surface area contributed by atoms with Gasteiger partial charge >= 0.3 is 0 Å². The van der Waals surface area contributed by atoms with Gasteiger partial charge in [0.25, 0.3) is 0 Å². The molecule has 0 saturated carbocycles. The van der Waals surface area contributed by atoms with Crippen LogP contribution in [0.2, 0.25) is 0 Å². The van der Waals surface area contributed by atoms with Crippen molar-refractivity contribution in [3.63, 3.8) is 0 Å². The number of anilines is 1. The molecule has 1 N–H and O–H groups in total. The number of piperazine rings is 1. The van der Waals surface area contributed by atoms with E-state index in [9.17, 15) is 5.11 Å². The molecule has 1 saturated heterocycles. The number of aromatic hydroxyl groups is 1. The summed E-state index contributed by atoms with van der Waals surface area (Å²) >= 11 is 3.38. The lowest BCUT2D eigenvalue weighted by Crippen LogP contribution is -2.45. The molecule has 1 fully saturated rings. The smallest absolute Gasteiger partial charge is 0.129 e. The zero-order valence-electron chi connectivity index (χ0n) is 11.9. The molecule has 3 rings (SSSR count). The maximum absolute atomic E-state index is 9.57. The summed E-state index contributed by atoms with van der Waals surface area (Å²) in [4.78, 5) is 4.85. The summed E-state index contributed by atoms with van der Waals surface area (Å²) in [5, 5.41) is 9.57. The van der Waals surface area contributed by atoms with Crippen LogP contribution in [-0.2, 0) is 6.54 Å². The van der Waals surface area contributed by atoms with Crippen LogP contribution in [0.3, 0.4) is 0 Å². The van der Waals surface area contributed by atoms with E-state index in [0.717, 1.165) is 37.2 Å². The lowest BCUT2D eigenvalue weighted by atomic mass is 10.2. The molecule has 2 aromatic rings. The Kier molecular flexibility index (Phi) is 4.46. The minimum atomic E-state index is 0.293. The maximum atomic E-state index is 9.57. The van der Waals surface area contributed by atoms with Gasteiger partial charge in [-0.2, -0.15) is 0 Å². The van der Waals surface area contributed by atoms with Crippen LogP contribution in [0.15, 0.2) is 53.0 Å². The summed E-state index contributed by atoms with van der Waals surface area (Å²) in [5.74, 6) is 0.293. The Hall–Kier alpha value is -1.52. The molecular weight excluding hydrogens is 328 g/mol. The van der Waals surface area contributed by atoms with Gasteiger partial charge in [-0.05, 0) is 39.7 Å². The van der Waals surface area contributed by atoms with Gasteiger partial charge in [-0.15, -0.1) is 0 Å². The van der Waals surface area contributed by atoms with Gasteiger partial charge in [-0.3, -0.25) is 4.90 Å². The number of hydrogen-bond donors (Lipinski definition) is 1. The number of hydrogen-bond acceptors (Lipinski definition) is 3. The Bertz CT molecular complexity index is 595. The molecule has 2 aromatic carbocycles. The third kappa shape index (κ3) is 3.57. The number of halogens is 1. The molecule has 0 aliphatic carbocycles. The monoisotopic (exact) mass is 346 g/mol. The molecule has 0 radical (unpaired) electrons. The molecule has 21 heavy (non-hydrogen) atoms. The van der Waals surface area contributed by atoms with Crippen LogP contribution < -0.4 is 4.90 Å². The van der Waals surface area contributed by atoms with E-state index in [1.165, 1.54) is 11.3 Å². The van der Waals surface area contributed by atoms with Crippen molar-refractivity contribution in [3.8, 4) is 5.75 Å². The predicted octanol–water partition coefficient (Wildman–Crippen LogP) is 3.48. The van der Waals surface area contributed by atoms with E-state index in [-0.39, 0.29) is 0 Å². The van der Waals surface area contributed by atoms with Crippen LogP contribution in [0.4, 0.5) is 5.69 Å². The second kappa shape index (κ2) is 6.50. The average molecular weight is 347 g/mol. The van der Waals surface area contributed by atoms with Crippen molar-refractivity contribution in [1.82, 2.24) is 4.90 Å². The molecule has 0 bridgehead atoms. The Morgan fingerprint density at radius 1 is 0.952 bits per heavy atom. The second-order valence-electron chi connectivity index (χ2n) is 5.38. The highest BCUT2D eigenvalue weighted by atomic mass is 79.9. The first-order chi connectivity index (χ1) is 10.2. The topological polar surface area (TPSA) is 26.7 Å². The van der Waals surface area contributed by atoms with Crippen molar-refractivity contribution in [2.45, 2.75) is 6.54 Å². The number of phenols is 1. The summed E-state index contributed by atoms with van der Waals surface area (Å²) in [5.41, 5.74) is 2.54. The second-order valence-corrected chi connectivity index (χ2v) is 6.24. The minimum absolute atomic E-state index is 0.293. The molecular formula is C17H19BrN2O. The van der Waals surface area contributed by atoms with Crippen LogP contribution in [0.5, 0.6) is 5.75 Å². The molecule has 1 heterocycles. The molecule has 0 spiro atoms. The minimum Gasteiger partial charge on any atom is -0.507 e.